The highest BCUT2D eigenvalue weighted by atomic mass is 19.2. The fourth-order valence-electron chi connectivity index (χ4n) is 2.65. The van der Waals surface area contributed by atoms with E-state index in [9.17, 15) is 13.6 Å². The van der Waals surface area contributed by atoms with Crippen LogP contribution in [-0.4, -0.2) is 24.3 Å². The Morgan fingerprint density at radius 1 is 1.35 bits per heavy atom. The van der Waals surface area contributed by atoms with Crippen LogP contribution in [0.15, 0.2) is 12.1 Å². The minimum absolute atomic E-state index is 0.190. The number of benzene rings is 1. The number of nitrogens with one attached hydrogen (secondary N) is 2. The van der Waals surface area contributed by atoms with Crippen molar-refractivity contribution >= 4 is 11.8 Å². The number of hydrogen-bond acceptors (Lipinski definition) is 3. The number of rotatable bonds is 3. The molecule has 0 radical (unpaired) electrons. The molecule has 1 aliphatic heterocycles. The van der Waals surface area contributed by atoms with E-state index in [4.69, 9.17) is 4.74 Å². The summed E-state index contributed by atoms with van der Waals surface area (Å²) in [5, 5.41) is 5.65. The van der Waals surface area contributed by atoms with Gasteiger partial charge in [-0.1, -0.05) is 6.42 Å². The summed E-state index contributed by atoms with van der Waals surface area (Å²) < 4.78 is 32.8. The summed E-state index contributed by atoms with van der Waals surface area (Å²) in [6, 6.07) is 2.91. The minimum Gasteiger partial charge on any atom is -0.444 e. The number of hydrogen-bond donors (Lipinski definition) is 2. The Hall–Kier alpha value is -1.69. The second-order valence-electron chi connectivity index (χ2n) is 6.92. The second-order valence-corrected chi connectivity index (χ2v) is 6.92. The summed E-state index contributed by atoms with van der Waals surface area (Å²) >= 11 is 0. The predicted octanol–water partition coefficient (Wildman–Crippen LogP) is 4.00. The number of piperidine rings is 1. The first-order valence-corrected chi connectivity index (χ1v) is 7.96. The van der Waals surface area contributed by atoms with Crippen LogP contribution in [0, 0.1) is 11.6 Å². The molecular formula is C17H24F2N2O2. The first kappa shape index (κ1) is 17.7. The molecule has 1 amide bonds. The molecule has 6 heteroatoms. The molecule has 1 fully saturated rings. The SMILES string of the molecule is CC(C)(C)OC(=O)Nc1cc(CC2CCCCN2)cc(F)c1F. The fourth-order valence-corrected chi connectivity index (χ4v) is 2.65. The normalized spacial score (nSPS) is 18.6. The molecule has 0 aliphatic carbocycles. The number of ether oxygens (including phenoxy) is 1. The molecule has 1 saturated heterocycles. The van der Waals surface area contributed by atoms with E-state index >= 15 is 0 Å². The molecule has 0 bridgehead atoms. The van der Waals surface area contributed by atoms with E-state index in [2.05, 4.69) is 10.6 Å². The van der Waals surface area contributed by atoms with Gasteiger partial charge in [0.1, 0.15) is 5.60 Å². The van der Waals surface area contributed by atoms with Crippen molar-refractivity contribution < 1.29 is 18.3 Å². The first-order chi connectivity index (χ1) is 10.7. The van der Waals surface area contributed by atoms with Crippen molar-refractivity contribution in [3.63, 3.8) is 0 Å². The van der Waals surface area contributed by atoms with Crippen molar-refractivity contribution in [2.24, 2.45) is 0 Å². The van der Waals surface area contributed by atoms with E-state index in [1.165, 1.54) is 12.1 Å². The van der Waals surface area contributed by atoms with Gasteiger partial charge in [0.15, 0.2) is 11.6 Å². The zero-order chi connectivity index (χ0) is 17.0. The Morgan fingerprint density at radius 2 is 2.09 bits per heavy atom. The molecule has 0 aromatic heterocycles. The Labute approximate surface area is 135 Å². The van der Waals surface area contributed by atoms with Gasteiger partial charge in [-0.25, -0.2) is 13.6 Å². The molecule has 0 saturated carbocycles. The third kappa shape index (κ3) is 5.46. The monoisotopic (exact) mass is 326 g/mol. The van der Waals surface area contributed by atoms with Gasteiger partial charge < -0.3 is 10.1 Å². The summed E-state index contributed by atoms with van der Waals surface area (Å²) in [6.07, 6.45) is 3.07. The van der Waals surface area contributed by atoms with Crippen LogP contribution in [0.25, 0.3) is 0 Å². The number of carbonyl (C=O) groups excluding carboxylic acids is 1. The van der Waals surface area contributed by atoms with Gasteiger partial charge in [-0.2, -0.15) is 0 Å². The van der Waals surface area contributed by atoms with Gasteiger partial charge in [-0.3, -0.25) is 5.32 Å². The lowest BCUT2D eigenvalue weighted by atomic mass is 9.97. The van der Waals surface area contributed by atoms with Gasteiger partial charge in [-0.15, -0.1) is 0 Å². The highest BCUT2D eigenvalue weighted by molar-refractivity contribution is 5.85. The van der Waals surface area contributed by atoms with E-state index in [0.717, 1.165) is 25.8 Å². The first-order valence-electron chi connectivity index (χ1n) is 7.96. The molecule has 1 aromatic carbocycles. The van der Waals surface area contributed by atoms with E-state index in [0.29, 0.717) is 12.0 Å². The number of anilines is 1. The summed E-state index contributed by atoms with van der Waals surface area (Å²) in [4.78, 5) is 11.8. The average Bonchev–Trinajstić information content (AvgIpc) is 2.43. The van der Waals surface area contributed by atoms with Crippen LogP contribution in [0.3, 0.4) is 0 Å². The maximum Gasteiger partial charge on any atom is 0.412 e. The quantitative estimate of drug-likeness (QED) is 0.883. The molecule has 1 atom stereocenters. The summed E-state index contributed by atoms with van der Waals surface area (Å²) in [5.74, 6) is -2.04. The van der Waals surface area contributed by atoms with Gasteiger partial charge in [0, 0.05) is 6.04 Å². The van der Waals surface area contributed by atoms with E-state index in [1.54, 1.807) is 20.8 Å². The molecule has 128 valence electrons. The molecule has 23 heavy (non-hydrogen) atoms. The zero-order valence-electron chi connectivity index (χ0n) is 13.8. The van der Waals surface area contributed by atoms with Crippen LogP contribution < -0.4 is 10.6 Å². The van der Waals surface area contributed by atoms with Crippen molar-refractivity contribution in [2.75, 3.05) is 11.9 Å². The van der Waals surface area contributed by atoms with E-state index in [1.807, 2.05) is 0 Å². The second kappa shape index (κ2) is 7.25. The van der Waals surface area contributed by atoms with Crippen molar-refractivity contribution in [1.29, 1.82) is 0 Å². The van der Waals surface area contributed by atoms with Crippen LogP contribution in [0.1, 0.15) is 45.6 Å². The highest BCUT2D eigenvalue weighted by Gasteiger charge is 2.20. The summed E-state index contributed by atoms with van der Waals surface area (Å²) in [6.45, 7) is 6.05. The molecule has 2 rings (SSSR count). The third-order valence-corrected chi connectivity index (χ3v) is 3.62. The van der Waals surface area contributed by atoms with Crippen LogP contribution in [0.4, 0.5) is 19.3 Å². The molecule has 1 heterocycles. The average molecular weight is 326 g/mol. The molecule has 1 unspecified atom stereocenters. The van der Waals surface area contributed by atoms with Gasteiger partial charge >= 0.3 is 6.09 Å². The maximum atomic E-state index is 13.9. The fraction of sp³-hybridized carbons (Fsp3) is 0.588. The molecular weight excluding hydrogens is 302 g/mol. The molecule has 4 nitrogen and oxygen atoms in total. The predicted molar refractivity (Wildman–Crippen MR) is 85.6 cm³/mol. The van der Waals surface area contributed by atoms with Gasteiger partial charge in [0.2, 0.25) is 0 Å². The number of halogens is 2. The smallest absolute Gasteiger partial charge is 0.412 e. The lowest BCUT2D eigenvalue weighted by molar-refractivity contribution is 0.0635. The summed E-state index contributed by atoms with van der Waals surface area (Å²) in [7, 11) is 0. The van der Waals surface area contributed by atoms with Gasteiger partial charge in [0.25, 0.3) is 0 Å². The Balaban J connectivity index is 2.10. The standard InChI is InChI=1S/C17H24F2N2O2/c1-17(2,3)23-16(22)21-14-10-11(9-13(18)15(14)19)8-12-6-4-5-7-20-12/h9-10,12,20H,4-8H2,1-3H3,(H,21,22). The van der Waals surface area contributed by atoms with E-state index in [-0.39, 0.29) is 11.7 Å². The van der Waals surface area contributed by atoms with Crippen molar-refractivity contribution in [1.82, 2.24) is 5.32 Å². The van der Waals surface area contributed by atoms with Crippen molar-refractivity contribution in [3.05, 3.63) is 29.3 Å². The largest absolute Gasteiger partial charge is 0.444 e. The lowest BCUT2D eigenvalue weighted by Gasteiger charge is -2.24. The van der Waals surface area contributed by atoms with E-state index < -0.39 is 23.3 Å². The summed E-state index contributed by atoms with van der Waals surface area (Å²) in [5.41, 5.74) is -0.248. The van der Waals surface area contributed by atoms with Gasteiger partial charge in [-0.05, 0) is 64.3 Å². The van der Waals surface area contributed by atoms with Crippen LogP contribution in [0.5, 0.6) is 0 Å². The zero-order valence-corrected chi connectivity index (χ0v) is 13.8. The number of carbonyl (C=O) groups is 1. The molecule has 1 aromatic rings. The molecule has 2 N–H and O–H groups in total. The minimum atomic E-state index is -1.07. The Morgan fingerprint density at radius 3 is 2.70 bits per heavy atom. The highest BCUT2D eigenvalue weighted by Crippen LogP contribution is 2.23. The van der Waals surface area contributed by atoms with Crippen molar-refractivity contribution in [2.45, 2.75) is 58.1 Å². The third-order valence-electron chi connectivity index (χ3n) is 3.62. The number of amides is 1. The van der Waals surface area contributed by atoms with Gasteiger partial charge in [0.05, 0.1) is 5.69 Å². The molecule has 1 aliphatic rings. The molecule has 0 spiro atoms. The Kier molecular flexibility index (Phi) is 5.57. The Bertz CT molecular complexity index is 564. The maximum absolute atomic E-state index is 13.9. The van der Waals surface area contributed by atoms with Crippen molar-refractivity contribution in [3.8, 4) is 0 Å². The van der Waals surface area contributed by atoms with Crippen LogP contribution >= 0.6 is 0 Å². The lowest BCUT2D eigenvalue weighted by Crippen LogP contribution is -2.35. The van der Waals surface area contributed by atoms with Crippen LogP contribution in [-0.2, 0) is 11.2 Å². The topological polar surface area (TPSA) is 50.4 Å². The van der Waals surface area contributed by atoms with Crippen LogP contribution in [0.2, 0.25) is 0 Å².